The standard InChI is InChI=1S/C18H19N7O3/c1-2-24(10-11-26)15-8-6-14(7-9-15)20-22-18-19-17(21-23-18)13-4-3-5-16(12-13)25(27)28/h3-9,12,26H,2,10-11H2,1H3,(H,19,21,23). The van der Waals surface area contributed by atoms with Crippen LogP contribution in [0.15, 0.2) is 58.8 Å². The fourth-order valence-electron chi connectivity index (χ4n) is 2.62. The second-order valence-electron chi connectivity index (χ2n) is 5.81. The smallest absolute Gasteiger partial charge is 0.287 e. The molecule has 0 saturated carbocycles. The number of likely N-dealkylation sites (N-methyl/N-ethyl adjacent to an activating group) is 1. The number of H-pyrrole nitrogens is 1. The van der Waals surface area contributed by atoms with Crippen LogP contribution < -0.4 is 4.90 Å². The molecule has 10 nitrogen and oxygen atoms in total. The van der Waals surface area contributed by atoms with E-state index in [1.54, 1.807) is 12.1 Å². The van der Waals surface area contributed by atoms with Gasteiger partial charge in [-0.3, -0.25) is 15.2 Å². The number of aromatic nitrogens is 3. The number of aliphatic hydroxyl groups excluding tert-OH is 1. The van der Waals surface area contributed by atoms with Crippen molar-refractivity contribution in [2.24, 2.45) is 10.2 Å². The van der Waals surface area contributed by atoms with Crippen LogP contribution in [-0.2, 0) is 0 Å². The number of hydrogen-bond donors (Lipinski definition) is 2. The van der Waals surface area contributed by atoms with Crippen LogP contribution >= 0.6 is 0 Å². The zero-order valence-corrected chi connectivity index (χ0v) is 15.2. The van der Waals surface area contributed by atoms with E-state index in [2.05, 4.69) is 25.4 Å². The van der Waals surface area contributed by atoms with Crippen molar-refractivity contribution < 1.29 is 10.0 Å². The second-order valence-corrected chi connectivity index (χ2v) is 5.81. The van der Waals surface area contributed by atoms with Crippen molar-refractivity contribution in [3.8, 4) is 11.4 Å². The van der Waals surface area contributed by atoms with Crippen molar-refractivity contribution >= 4 is 23.0 Å². The van der Waals surface area contributed by atoms with Crippen LogP contribution in [0.4, 0.5) is 23.0 Å². The van der Waals surface area contributed by atoms with Gasteiger partial charge in [0, 0.05) is 36.5 Å². The Bertz CT molecular complexity index is 969. The lowest BCUT2D eigenvalue weighted by Gasteiger charge is -2.21. The first-order valence-electron chi connectivity index (χ1n) is 8.65. The molecule has 0 fully saturated rings. The summed E-state index contributed by atoms with van der Waals surface area (Å²) in [7, 11) is 0. The molecular formula is C18H19N7O3. The lowest BCUT2D eigenvalue weighted by Crippen LogP contribution is -2.25. The summed E-state index contributed by atoms with van der Waals surface area (Å²) in [6.45, 7) is 3.46. The van der Waals surface area contributed by atoms with Crippen LogP contribution in [0.3, 0.4) is 0 Å². The SMILES string of the molecule is CCN(CCO)c1ccc(N=Nc2n[nH]c(-c3cccc([N+](=O)[O-])c3)n2)cc1. The largest absolute Gasteiger partial charge is 0.395 e. The minimum absolute atomic E-state index is 0.0283. The Kier molecular flexibility index (Phi) is 6.02. The van der Waals surface area contributed by atoms with Gasteiger partial charge in [-0.05, 0) is 31.2 Å². The van der Waals surface area contributed by atoms with Gasteiger partial charge >= 0.3 is 0 Å². The maximum atomic E-state index is 10.9. The first-order chi connectivity index (χ1) is 13.6. The van der Waals surface area contributed by atoms with Gasteiger partial charge in [0.2, 0.25) is 0 Å². The van der Waals surface area contributed by atoms with Crippen LogP contribution in [-0.4, -0.2) is 44.9 Å². The van der Waals surface area contributed by atoms with Crippen molar-refractivity contribution in [3.63, 3.8) is 0 Å². The van der Waals surface area contributed by atoms with Gasteiger partial charge < -0.3 is 10.0 Å². The third-order valence-electron chi connectivity index (χ3n) is 4.03. The summed E-state index contributed by atoms with van der Waals surface area (Å²) in [6.07, 6.45) is 0. The molecule has 0 unspecified atom stereocenters. The Morgan fingerprint density at radius 1 is 1.21 bits per heavy atom. The number of nitro benzene ring substituents is 1. The molecule has 0 spiro atoms. The number of hydrogen-bond acceptors (Lipinski definition) is 8. The summed E-state index contributed by atoms with van der Waals surface area (Å²) in [5.41, 5.74) is 2.13. The predicted octanol–water partition coefficient (Wildman–Crippen LogP) is 3.61. The van der Waals surface area contributed by atoms with E-state index in [1.165, 1.54) is 12.1 Å². The van der Waals surface area contributed by atoms with Gasteiger partial charge in [0.15, 0.2) is 5.82 Å². The Labute approximate surface area is 160 Å². The fraction of sp³-hybridized carbons (Fsp3) is 0.222. The molecule has 144 valence electrons. The van der Waals surface area contributed by atoms with Crippen LogP contribution in [0, 0.1) is 10.1 Å². The molecular weight excluding hydrogens is 362 g/mol. The average molecular weight is 381 g/mol. The zero-order valence-electron chi connectivity index (χ0n) is 15.2. The van der Waals surface area contributed by atoms with Crippen molar-refractivity contribution in [2.45, 2.75) is 6.92 Å². The predicted molar refractivity (Wildman–Crippen MR) is 104 cm³/mol. The maximum Gasteiger partial charge on any atom is 0.287 e. The summed E-state index contributed by atoms with van der Waals surface area (Å²) >= 11 is 0. The molecule has 0 aliphatic rings. The van der Waals surface area contributed by atoms with E-state index in [0.717, 1.165) is 12.2 Å². The molecule has 0 bridgehead atoms. The van der Waals surface area contributed by atoms with E-state index >= 15 is 0 Å². The van der Waals surface area contributed by atoms with Gasteiger partial charge in [0.25, 0.3) is 11.6 Å². The highest BCUT2D eigenvalue weighted by Crippen LogP contribution is 2.24. The highest BCUT2D eigenvalue weighted by molar-refractivity contribution is 5.59. The van der Waals surface area contributed by atoms with Gasteiger partial charge in [-0.2, -0.15) is 4.98 Å². The van der Waals surface area contributed by atoms with Crippen molar-refractivity contribution in [1.82, 2.24) is 15.2 Å². The van der Waals surface area contributed by atoms with Gasteiger partial charge in [0.05, 0.1) is 17.2 Å². The number of nitrogens with one attached hydrogen (secondary N) is 1. The molecule has 0 radical (unpaired) electrons. The van der Waals surface area contributed by atoms with Crippen LogP contribution in [0.5, 0.6) is 0 Å². The van der Waals surface area contributed by atoms with E-state index < -0.39 is 4.92 Å². The summed E-state index contributed by atoms with van der Waals surface area (Å²) in [5.74, 6) is 0.497. The third kappa shape index (κ3) is 4.54. The number of non-ortho nitro benzene ring substituents is 1. The van der Waals surface area contributed by atoms with Crippen LogP contribution in [0.25, 0.3) is 11.4 Å². The highest BCUT2D eigenvalue weighted by Gasteiger charge is 2.10. The Balaban J connectivity index is 1.72. The van der Waals surface area contributed by atoms with E-state index in [-0.39, 0.29) is 18.2 Å². The number of aliphatic hydroxyl groups is 1. The van der Waals surface area contributed by atoms with Gasteiger partial charge in [0.1, 0.15) is 0 Å². The average Bonchev–Trinajstić information content (AvgIpc) is 3.20. The topological polar surface area (TPSA) is 133 Å². The number of benzene rings is 2. The van der Waals surface area contributed by atoms with Gasteiger partial charge in [-0.25, -0.2) is 0 Å². The van der Waals surface area contributed by atoms with Crippen molar-refractivity contribution in [3.05, 3.63) is 58.6 Å². The summed E-state index contributed by atoms with van der Waals surface area (Å²) < 4.78 is 0. The van der Waals surface area contributed by atoms with E-state index in [0.29, 0.717) is 23.6 Å². The molecule has 0 saturated heterocycles. The minimum atomic E-state index is -0.468. The highest BCUT2D eigenvalue weighted by atomic mass is 16.6. The Morgan fingerprint density at radius 3 is 2.68 bits per heavy atom. The molecule has 0 atom stereocenters. The molecule has 2 aromatic carbocycles. The monoisotopic (exact) mass is 381 g/mol. The van der Waals surface area contributed by atoms with E-state index in [1.807, 2.05) is 36.1 Å². The number of rotatable bonds is 8. The van der Waals surface area contributed by atoms with E-state index in [9.17, 15) is 10.1 Å². The molecule has 0 amide bonds. The first kappa shape index (κ1) is 19.1. The maximum absolute atomic E-state index is 10.9. The molecule has 10 heteroatoms. The Hall–Kier alpha value is -3.66. The molecule has 1 heterocycles. The number of nitrogens with zero attached hydrogens (tertiary/aromatic N) is 6. The lowest BCUT2D eigenvalue weighted by atomic mass is 10.2. The first-order valence-corrected chi connectivity index (χ1v) is 8.65. The molecule has 3 rings (SSSR count). The molecule has 1 aromatic heterocycles. The molecule has 0 aliphatic carbocycles. The normalized spacial score (nSPS) is 11.1. The van der Waals surface area contributed by atoms with Crippen molar-refractivity contribution in [2.75, 3.05) is 24.6 Å². The molecule has 0 aliphatic heterocycles. The van der Waals surface area contributed by atoms with Gasteiger partial charge in [-0.1, -0.05) is 12.1 Å². The molecule has 2 N–H and O–H groups in total. The number of aromatic amines is 1. The molecule has 3 aromatic rings. The summed E-state index contributed by atoms with van der Waals surface area (Å²) in [5, 5.41) is 34.7. The number of nitro groups is 1. The number of anilines is 1. The van der Waals surface area contributed by atoms with Gasteiger partial charge in [-0.15, -0.1) is 15.3 Å². The van der Waals surface area contributed by atoms with Crippen LogP contribution in [0.1, 0.15) is 6.92 Å². The van der Waals surface area contributed by atoms with E-state index in [4.69, 9.17) is 5.11 Å². The molecule has 28 heavy (non-hydrogen) atoms. The Morgan fingerprint density at radius 2 is 2.00 bits per heavy atom. The minimum Gasteiger partial charge on any atom is -0.395 e. The zero-order chi connectivity index (χ0) is 19.9. The fourth-order valence-corrected chi connectivity index (χ4v) is 2.62. The quantitative estimate of drug-likeness (QED) is 0.348. The summed E-state index contributed by atoms with van der Waals surface area (Å²) in [4.78, 5) is 16.7. The third-order valence-corrected chi connectivity index (χ3v) is 4.03. The number of azo groups is 1. The van der Waals surface area contributed by atoms with Crippen molar-refractivity contribution in [1.29, 1.82) is 0 Å². The summed E-state index contributed by atoms with van der Waals surface area (Å²) in [6, 6.07) is 13.5. The van der Waals surface area contributed by atoms with Crippen LogP contribution in [0.2, 0.25) is 0 Å². The lowest BCUT2D eigenvalue weighted by molar-refractivity contribution is -0.384. The second kappa shape index (κ2) is 8.82.